The topological polar surface area (TPSA) is 214 Å². The summed E-state index contributed by atoms with van der Waals surface area (Å²) in [6, 6.07) is 30.5. The standard InChI is InChI=1S/C64H69N3O14S/c1-3-58(68)76-37-13-7-5-11-35-74-50-27-31-52(32-28-50)78-60(70)43-17-19-45(20-18-43)62(72)80-54-26-25-47-41-56(49(39-48(47)40-54)42-65-67-64-66-55-15-9-10-16-57(55)82-64)81-63(73)46-23-21-44(22-24-46)61(71)79-53-33-29-51(30-34-53)75-36-12-6-8-14-38-77-59(69)4-2/h3-4,9-10,15-16,25-34,39-46H,1-2,5-8,11-14,17-24,35-38H2,(H,66,67)/b65-42+. The van der Waals surface area contributed by atoms with Gasteiger partial charge in [0.05, 0.1) is 66.5 Å². The number of esters is 6. The van der Waals surface area contributed by atoms with Gasteiger partial charge in [0, 0.05) is 17.7 Å². The summed E-state index contributed by atoms with van der Waals surface area (Å²) in [6.45, 7) is 8.59. The molecule has 0 aliphatic heterocycles. The van der Waals surface area contributed by atoms with Crippen molar-refractivity contribution in [3.05, 3.63) is 134 Å². The molecule has 0 saturated heterocycles. The highest BCUT2D eigenvalue weighted by Gasteiger charge is 2.34. The fourth-order valence-electron chi connectivity index (χ4n) is 9.69. The number of carbonyl (C=O) groups excluding carboxylic acids is 6. The summed E-state index contributed by atoms with van der Waals surface area (Å²) < 4.78 is 46.2. The molecule has 0 bridgehead atoms. The van der Waals surface area contributed by atoms with Crippen LogP contribution in [-0.2, 0) is 38.2 Å². The zero-order valence-electron chi connectivity index (χ0n) is 45.9. The molecule has 1 N–H and O–H groups in total. The predicted molar refractivity (Wildman–Crippen MR) is 311 cm³/mol. The number of ether oxygens (including phenoxy) is 8. The van der Waals surface area contributed by atoms with E-state index in [1.807, 2.05) is 30.3 Å². The number of para-hydroxylation sites is 1. The van der Waals surface area contributed by atoms with Gasteiger partial charge in [-0.25, -0.2) is 14.6 Å². The number of benzene rings is 5. The Bertz CT molecular complexity index is 3140. The molecule has 0 radical (unpaired) electrons. The molecule has 1 heterocycles. The highest BCUT2D eigenvalue weighted by atomic mass is 32.1. The van der Waals surface area contributed by atoms with Gasteiger partial charge in [-0.3, -0.25) is 24.6 Å². The predicted octanol–water partition coefficient (Wildman–Crippen LogP) is 12.9. The Morgan fingerprint density at radius 1 is 0.500 bits per heavy atom. The van der Waals surface area contributed by atoms with E-state index in [0.29, 0.717) is 123 Å². The molecule has 0 amide bonds. The lowest BCUT2D eigenvalue weighted by Gasteiger charge is -2.26. The normalized spacial score (nSPS) is 16.8. The Morgan fingerprint density at radius 3 is 1.43 bits per heavy atom. The summed E-state index contributed by atoms with van der Waals surface area (Å²) >= 11 is 1.45. The molecule has 17 nitrogen and oxygen atoms in total. The minimum absolute atomic E-state index is 0.290. The third-order valence-electron chi connectivity index (χ3n) is 14.3. The minimum Gasteiger partial charge on any atom is -0.494 e. The molecule has 8 rings (SSSR count). The fourth-order valence-corrected chi connectivity index (χ4v) is 10.5. The van der Waals surface area contributed by atoms with E-state index in [9.17, 15) is 28.8 Å². The van der Waals surface area contributed by atoms with Crippen molar-refractivity contribution in [2.45, 2.75) is 103 Å². The highest BCUT2D eigenvalue weighted by Crippen LogP contribution is 2.36. The van der Waals surface area contributed by atoms with Crippen LogP contribution in [0.15, 0.2) is 134 Å². The van der Waals surface area contributed by atoms with E-state index in [4.69, 9.17) is 37.9 Å². The lowest BCUT2D eigenvalue weighted by Crippen LogP contribution is -2.30. The van der Waals surface area contributed by atoms with Crippen molar-refractivity contribution in [3.8, 4) is 34.5 Å². The molecule has 82 heavy (non-hydrogen) atoms. The van der Waals surface area contributed by atoms with Crippen LogP contribution in [0, 0.1) is 23.7 Å². The maximum atomic E-state index is 13.9. The lowest BCUT2D eigenvalue weighted by atomic mass is 9.82. The largest absolute Gasteiger partial charge is 0.494 e. The van der Waals surface area contributed by atoms with Gasteiger partial charge in [0.15, 0.2) is 0 Å². The van der Waals surface area contributed by atoms with E-state index < -0.39 is 29.7 Å². The first-order valence-electron chi connectivity index (χ1n) is 28.1. The van der Waals surface area contributed by atoms with Crippen LogP contribution in [0.3, 0.4) is 0 Å². The molecule has 6 aromatic rings. The van der Waals surface area contributed by atoms with E-state index in [2.05, 4.69) is 28.7 Å². The van der Waals surface area contributed by atoms with Gasteiger partial charge in [-0.2, -0.15) is 5.10 Å². The summed E-state index contributed by atoms with van der Waals surface area (Å²) in [4.78, 5) is 80.7. The van der Waals surface area contributed by atoms with Crippen molar-refractivity contribution in [1.82, 2.24) is 4.98 Å². The molecule has 2 aliphatic carbocycles. The Labute approximate surface area is 481 Å². The van der Waals surface area contributed by atoms with Crippen LogP contribution >= 0.6 is 11.3 Å². The summed E-state index contributed by atoms with van der Waals surface area (Å²) in [5.74, 6) is -1.08. The van der Waals surface area contributed by atoms with Crippen molar-refractivity contribution in [3.63, 3.8) is 0 Å². The Kier molecular flexibility index (Phi) is 22.6. The van der Waals surface area contributed by atoms with Crippen molar-refractivity contribution < 1.29 is 66.7 Å². The fraction of sp³-hybridized carbons (Fsp3) is 0.375. The van der Waals surface area contributed by atoms with Gasteiger partial charge in [0.2, 0.25) is 5.13 Å². The van der Waals surface area contributed by atoms with Crippen molar-refractivity contribution in [2.75, 3.05) is 31.9 Å². The zero-order valence-corrected chi connectivity index (χ0v) is 46.7. The molecular formula is C64H69N3O14S. The van der Waals surface area contributed by atoms with Crippen LogP contribution in [-0.4, -0.2) is 73.4 Å². The second kappa shape index (κ2) is 31.0. The van der Waals surface area contributed by atoms with Gasteiger partial charge >= 0.3 is 35.8 Å². The number of nitrogens with one attached hydrogen (secondary N) is 1. The molecule has 1 aromatic heterocycles. The van der Waals surface area contributed by atoms with Gasteiger partial charge in [0.1, 0.15) is 34.5 Å². The molecular weight excluding hydrogens is 1070 g/mol. The van der Waals surface area contributed by atoms with Crippen LogP contribution in [0.4, 0.5) is 5.13 Å². The third-order valence-corrected chi connectivity index (χ3v) is 15.3. The first-order valence-corrected chi connectivity index (χ1v) is 28.9. The van der Waals surface area contributed by atoms with Crippen LogP contribution in [0.1, 0.15) is 108 Å². The van der Waals surface area contributed by atoms with Gasteiger partial charge in [-0.1, -0.05) is 42.7 Å². The highest BCUT2D eigenvalue weighted by molar-refractivity contribution is 7.22. The van der Waals surface area contributed by atoms with Crippen LogP contribution < -0.4 is 33.8 Å². The second-order valence-corrected chi connectivity index (χ2v) is 21.3. The Hall–Kier alpha value is -8.38. The quantitative estimate of drug-likeness (QED) is 0.0115. The smallest absolute Gasteiger partial charge is 0.330 e. The molecule has 2 aliphatic rings. The first kappa shape index (κ1) is 59.7. The van der Waals surface area contributed by atoms with E-state index in [-0.39, 0.29) is 35.5 Å². The maximum Gasteiger partial charge on any atom is 0.330 e. The molecule has 430 valence electrons. The molecule has 2 fully saturated rings. The number of nitrogens with zero attached hydrogens (tertiary/aromatic N) is 2. The Balaban J connectivity index is 0.802. The SMILES string of the molecule is C=CC(=O)OCCCCCCOc1ccc(OC(=O)C2CCC(C(=O)Oc3ccc4cc(OC(=O)C5CCC(C(=O)Oc6ccc(OCCCCCCOC(=O)C=C)cc6)CC5)c(/C=N/Nc5nc6ccccc6s5)cc4c3)CC2)cc1. The number of carbonyl (C=O) groups is 6. The molecule has 18 heteroatoms. The summed E-state index contributed by atoms with van der Waals surface area (Å²) in [5, 5.41) is 6.51. The van der Waals surface area contributed by atoms with E-state index in [1.165, 1.54) is 11.3 Å². The van der Waals surface area contributed by atoms with Gasteiger partial charge in [0.25, 0.3) is 0 Å². The van der Waals surface area contributed by atoms with Gasteiger partial charge in [-0.15, -0.1) is 0 Å². The molecule has 5 aromatic carbocycles. The molecule has 0 unspecified atom stereocenters. The number of aromatic nitrogens is 1. The number of fused-ring (bicyclic) bond motifs is 2. The maximum absolute atomic E-state index is 13.9. The number of thiazole rings is 1. The third kappa shape index (κ3) is 18.3. The Morgan fingerprint density at radius 2 is 0.939 bits per heavy atom. The number of hydrogen-bond donors (Lipinski definition) is 1. The molecule has 2 saturated carbocycles. The second-order valence-electron chi connectivity index (χ2n) is 20.2. The monoisotopic (exact) mass is 1140 g/mol. The van der Waals surface area contributed by atoms with E-state index in [0.717, 1.165) is 79.1 Å². The van der Waals surface area contributed by atoms with Gasteiger partial charge in [-0.05, 0) is 198 Å². The average molecular weight is 1140 g/mol. The van der Waals surface area contributed by atoms with Crippen LogP contribution in [0.5, 0.6) is 34.5 Å². The van der Waals surface area contributed by atoms with Crippen molar-refractivity contribution in [2.24, 2.45) is 28.8 Å². The first-order chi connectivity index (χ1) is 40.0. The number of hydrogen-bond acceptors (Lipinski definition) is 18. The van der Waals surface area contributed by atoms with Crippen molar-refractivity contribution >= 4 is 79.5 Å². The van der Waals surface area contributed by atoms with Crippen LogP contribution in [0.25, 0.3) is 21.0 Å². The zero-order chi connectivity index (χ0) is 57.5. The number of anilines is 1. The number of unbranched alkanes of at least 4 members (excludes halogenated alkanes) is 6. The number of rotatable bonds is 29. The molecule has 0 atom stereocenters. The summed E-state index contributed by atoms with van der Waals surface area (Å²) in [7, 11) is 0. The summed E-state index contributed by atoms with van der Waals surface area (Å²) in [6.07, 6.45) is 14.5. The van der Waals surface area contributed by atoms with E-state index in [1.54, 1.807) is 79.0 Å². The average Bonchev–Trinajstić information content (AvgIpc) is 4.08. The van der Waals surface area contributed by atoms with Gasteiger partial charge < -0.3 is 37.9 Å². The molecule has 0 spiro atoms. The summed E-state index contributed by atoms with van der Waals surface area (Å²) in [5.41, 5.74) is 4.33. The van der Waals surface area contributed by atoms with Crippen LogP contribution in [0.2, 0.25) is 0 Å². The minimum atomic E-state index is -0.444. The lowest BCUT2D eigenvalue weighted by molar-refractivity contribution is -0.145. The van der Waals surface area contributed by atoms with Crippen molar-refractivity contribution in [1.29, 1.82) is 0 Å². The van der Waals surface area contributed by atoms with E-state index >= 15 is 0 Å². The number of hydrazone groups is 1.